The Bertz CT molecular complexity index is 1100. The number of nitrogens with two attached hydrogens (primary N) is 1. The number of para-hydroxylation sites is 2. The quantitative estimate of drug-likeness (QED) is 0.479. The molecule has 1 aliphatic rings. The van der Waals surface area contributed by atoms with Gasteiger partial charge in [0.05, 0.1) is 11.7 Å². The number of benzene rings is 3. The number of amides is 1. The van der Waals surface area contributed by atoms with Crippen molar-refractivity contribution in [2.45, 2.75) is 18.9 Å². The van der Waals surface area contributed by atoms with Crippen LogP contribution in [0.5, 0.6) is 5.75 Å². The van der Waals surface area contributed by atoms with Crippen LogP contribution in [-0.4, -0.2) is 37.0 Å². The van der Waals surface area contributed by atoms with E-state index in [1.54, 1.807) is 36.4 Å². The van der Waals surface area contributed by atoms with Gasteiger partial charge in [0.2, 0.25) is 5.91 Å². The number of nitrogens with one attached hydrogen (secondary N) is 1. The van der Waals surface area contributed by atoms with Crippen LogP contribution in [-0.2, 0) is 4.79 Å². The number of carbonyl (C=O) groups is 1. The zero-order chi connectivity index (χ0) is 23.9. The standard InChI is InChI=1S/C27H29F2N3O2/c28-21-11-9-19(10-12-21)26(22-5-1-2-6-23(22)29)31-27(33)20-13-15-32(16-14-20)17-18-34-25-8-4-3-7-24(25)30/h1-12,20,26H,13-18,30H2,(H,31,33). The summed E-state index contributed by atoms with van der Waals surface area (Å²) in [4.78, 5) is 15.4. The van der Waals surface area contributed by atoms with Crippen LogP contribution in [0.1, 0.15) is 30.0 Å². The average molecular weight is 466 g/mol. The van der Waals surface area contributed by atoms with Crippen molar-refractivity contribution >= 4 is 11.6 Å². The maximum atomic E-state index is 14.6. The topological polar surface area (TPSA) is 67.6 Å². The Balaban J connectivity index is 1.33. The molecule has 1 amide bonds. The minimum Gasteiger partial charge on any atom is -0.490 e. The molecule has 1 atom stereocenters. The van der Waals surface area contributed by atoms with E-state index < -0.39 is 11.9 Å². The summed E-state index contributed by atoms with van der Waals surface area (Å²) in [5.41, 5.74) is 7.51. The minimum absolute atomic E-state index is 0.120. The summed E-state index contributed by atoms with van der Waals surface area (Å²) in [6.45, 7) is 2.81. The van der Waals surface area contributed by atoms with Crippen molar-refractivity contribution in [3.05, 3.63) is 95.6 Å². The molecule has 0 radical (unpaired) electrons. The monoisotopic (exact) mass is 465 g/mol. The van der Waals surface area contributed by atoms with Gasteiger partial charge in [-0.1, -0.05) is 42.5 Å². The molecular formula is C27H29F2N3O2. The van der Waals surface area contributed by atoms with Gasteiger partial charge in [-0.2, -0.15) is 0 Å². The number of piperidine rings is 1. The third-order valence-electron chi connectivity index (χ3n) is 6.25. The van der Waals surface area contributed by atoms with Crippen LogP contribution >= 0.6 is 0 Å². The Hall–Kier alpha value is -3.45. The van der Waals surface area contributed by atoms with Crippen LogP contribution in [0, 0.1) is 17.6 Å². The van der Waals surface area contributed by atoms with E-state index >= 15 is 0 Å². The minimum atomic E-state index is -0.683. The summed E-state index contributed by atoms with van der Waals surface area (Å²) < 4.78 is 33.8. The van der Waals surface area contributed by atoms with Crippen molar-refractivity contribution in [2.75, 3.05) is 32.0 Å². The molecule has 0 saturated carbocycles. The van der Waals surface area contributed by atoms with Crippen LogP contribution in [0.25, 0.3) is 0 Å². The Labute approximate surface area is 198 Å². The number of ether oxygens (including phenoxy) is 1. The molecule has 1 unspecified atom stereocenters. The lowest BCUT2D eigenvalue weighted by Crippen LogP contribution is -2.43. The van der Waals surface area contributed by atoms with E-state index in [1.807, 2.05) is 18.2 Å². The van der Waals surface area contributed by atoms with E-state index in [-0.39, 0.29) is 17.6 Å². The Morgan fingerprint density at radius 2 is 1.68 bits per heavy atom. The molecule has 1 saturated heterocycles. The highest BCUT2D eigenvalue weighted by Gasteiger charge is 2.28. The summed E-state index contributed by atoms with van der Waals surface area (Å²) in [5, 5.41) is 3.01. The predicted octanol–water partition coefficient (Wildman–Crippen LogP) is 4.54. The third kappa shape index (κ3) is 5.91. The molecule has 3 N–H and O–H groups in total. The molecule has 0 aliphatic carbocycles. The fourth-order valence-corrected chi connectivity index (χ4v) is 4.28. The average Bonchev–Trinajstić information content (AvgIpc) is 2.85. The molecule has 0 spiro atoms. The Kier molecular flexibility index (Phi) is 7.75. The zero-order valence-corrected chi connectivity index (χ0v) is 18.9. The molecule has 7 heteroatoms. The smallest absolute Gasteiger partial charge is 0.223 e. The number of likely N-dealkylation sites (tertiary alicyclic amines) is 1. The molecule has 3 aromatic rings. The lowest BCUT2D eigenvalue weighted by molar-refractivity contribution is -0.127. The number of hydrogen-bond donors (Lipinski definition) is 2. The first-order valence-corrected chi connectivity index (χ1v) is 11.5. The van der Waals surface area contributed by atoms with E-state index in [4.69, 9.17) is 10.5 Å². The molecule has 34 heavy (non-hydrogen) atoms. The van der Waals surface area contributed by atoms with Crippen molar-refractivity contribution < 1.29 is 18.3 Å². The number of hydrogen-bond acceptors (Lipinski definition) is 4. The van der Waals surface area contributed by atoms with Crippen molar-refractivity contribution in [1.82, 2.24) is 10.2 Å². The van der Waals surface area contributed by atoms with E-state index in [0.717, 1.165) is 19.6 Å². The number of nitrogens with zero attached hydrogens (tertiary/aromatic N) is 1. The molecule has 1 aliphatic heterocycles. The first kappa shape index (κ1) is 23.7. The molecule has 0 aromatic heterocycles. The third-order valence-corrected chi connectivity index (χ3v) is 6.25. The highest BCUT2D eigenvalue weighted by molar-refractivity contribution is 5.79. The Morgan fingerprint density at radius 3 is 2.38 bits per heavy atom. The van der Waals surface area contributed by atoms with Gasteiger partial charge in [0.25, 0.3) is 0 Å². The normalized spacial score (nSPS) is 15.6. The largest absolute Gasteiger partial charge is 0.490 e. The van der Waals surface area contributed by atoms with Gasteiger partial charge in [-0.05, 0) is 61.8 Å². The van der Waals surface area contributed by atoms with Gasteiger partial charge < -0.3 is 15.8 Å². The summed E-state index contributed by atoms with van der Waals surface area (Å²) >= 11 is 0. The van der Waals surface area contributed by atoms with E-state index in [2.05, 4.69) is 10.2 Å². The van der Waals surface area contributed by atoms with Gasteiger partial charge in [0.15, 0.2) is 0 Å². The second-order valence-corrected chi connectivity index (χ2v) is 8.52. The van der Waals surface area contributed by atoms with Crippen molar-refractivity contribution in [3.63, 3.8) is 0 Å². The fraction of sp³-hybridized carbons (Fsp3) is 0.296. The first-order valence-electron chi connectivity index (χ1n) is 11.5. The second-order valence-electron chi connectivity index (χ2n) is 8.52. The van der Waals surface area contributed by atoms with Crippen molar-refractivity contribution in [3.8, 4) is 5.75 Å². The number of rotatable bonds is 8. The molecular weight excluding hydrogens is 436 g/mol. The summed E-state index contributed by atoms with van der Waals surface area (Å²) in [7, 11) is 0. The molecule has 1 fully saturated rings. The van der Waals surface area contributed by atoms with Gasteiger partial charge in [0.1, 0.15) is 24.0 Å². The summed E-state index contributed by atoms with van der Waals surface area (Å²) in [6, 6.07) is 18.9. The van der Waals surface area contributed by atoms with Gasteiger partial charge in [0, 0.05) is 18.0 Å². The highest BCUT2D eigenvalue weighted by Crippen LogP contribution is 2.27. The van der Waals surface area contributed by atoms with Gasteiger partial charge in [-0.25, -0.2) is 8.78 Å². The molecule has 0 bridgehead atoms. The lowest BCUT2D eigenvalue weighted by Gasteiger charge is -2.32. The van der Waals surface area contributed by atoms with E-state index in [1.165, 1.54) is 18.2 Å². The van der Waals surface area contributed by atoms with Gasteiger partial charge in [-0.3, -0.25) is 9.69 Å². The number of carbonyl (C=O) groups excluding carboxylic acids is 1. The SMILES string of the molecule is Nc1ccccc1OCCN1CCC(C(=O)NC(c2ccc(F)cc2)c2ccccc2F)CC1. The fourth-order valence-electron chi connectivity index (χ4n) is 4.28. The van der Waals surface area contributed by atoms with Crippen molar-refractivity contribution in [1.29, 1.82) is 0 Å². The molecule has 4 rings (SSSR count). The van der Waals surface area contributed by atoms with Crippen LogP contribution in [0.4, 0.5) is 14.5 Å². The van der Waals surface area contributed by atoms with Crippen molar-refractivity contribution in [2.24, 2.45) is 5.92 Å². The summed E-state index contributed by atoms with van der Waals surface area (Å²) in [5.74, 6) is -0.404. The zero-order valence-electron chi connectivity index (χ0n) is 18.9. The molecule has 5 nitrogen and oxygen atoms in total. The Morgan fingerprint density at radius 1 is 1.00 bits per heavy atom. The molecule has 1 heterocycles. The van der Waals surface area contributed by atoms with Crippen LogP contribution in [0.15, 0.2) is 72.8 Å². The van der Waals surface area contributed by atoms with Gasteiger partial charge in [-0.15, -0.1) is 0 Å². The maximum absolute atomic E-state index is 14.6. The van der Waals surface area contributed by atoms with E-state index in [9.17, 15) is 13.6 Å². The predicted molar refractivity (Wildman–Crippen MR) is 128 cm³/mol. The lowest BCUT2D eigenvalue weighted by atomic mass is 9.93. The number of anilines is 1. The number of halogens is 2. The highest BCUT2D eigenvalue weighted by atomic mass is 19.1. The maximum Gasteiger partial charge on any atom is 0.223 e. The second kappa shape index (κ2) is 11.1. The summed E-state index contributed by atoms with van der Waals surface area (Å²) in [6.07, 6.45) is 1.40. The van der Waals surface area contributed by atoms with Crippen LogP contribution in [0.2, 0.25) is 0 Å². The first-order chi connectivity index (χ1) is 16.5. The molecule has 178 valence electrons. The molecule has 3 aromatic carbocycles. The van der Waals surface area contributed by atoms with Gasteiger partial charge >= 0.3 is 0 Å². The van der Waals surface area contributed by atoms with E-state index in [0.29, 0.717) is 42.0 Å². The van der Waals surface area contributed by atoms with Crippen LogP contribution in [0.3, 0.4) is 0 Å². The number of nitrogen functional groups attached to an aromatic ring is 1. The van der Waals surface area contributed by atoms with Crippen LogP contribution < -0.4 is 15.8 Å².